The quantitative estimate of drug-likeness (QED) is 0.691. The van der Waals surface area contributed by atoms with Crippen LogP contribution in [-0.2, 0) is 0 Å². The van der Waals surface area contributed by atoms with Gasteiger partial charge >= 0.3 is 6.03 Å². The second-order valence-corrected chi connectivity index (χ2v) is 6.52. The lowest BCUT2D eigenvalue weighted by Crippen LogP contribution is -2.35. The molecule has 1 aliphatic heterocycles. The minimum absolute atomic E-state index is 0.230. The number of nitriles is 1. The van der Waals surface area contributed by atoms with E-state index >= 15 is 0 Å². The Balaban J connectivity index is 1.82. The summed E-state index contributed by atoms with van der Waals surface area (Å²) in [6.07, 6.45) is 4.86. The van der Waals surface area contributed by atoms with Crippen molar-refractivity contribution >= 4 is 39.9 Å². The molecule has 128 valence electrons. The second kappa shape index (κ2) is 6.28. The predicted octanol–water partition coefficient (Wildman–Crippen LogP) is 3.93. The summed E-state index contributed by atoms with van der Waals surface area (Å²) in [7, 11) is 0. The van der Waals surface area contributed by atoms with Crippen molar-refractivity contribution in [2.45, 2.75) is 13.0 Å². The third-order valence-corrected chi connectivity index (χ3v) is 4.64. The van der Waals surface area contributed by atoms with E-state index in [0.29, 0.717) is 16.5 Å². The number of aryl methyl sites for hydroxylation is 1. The van der Waals surface area contributed by atoms with Crippen LogP contribution in [0.1, 0.15) is 5.56 Å². The summed E-state index contributed by atoms with van der Waals surface area (Å²) in [6.45, 7) is 2.07. The number of anilines is 2. The molecular formula is C19H14ClN5O. The fourth-order valence-electron chi connectivity index (χ4n) is 3.25. The van der Waals surface area contributed by atoms with Crippen LogP contribution in [0.25, 0.3) is 10.8 Å². The molecule has 1 saturated heterocycles. The Kier molecular flexibility index (Phi) is 3.94. The fourth-order valence-corrected chi connectivity index (χ4v) is 3.46. The third kappa shape index (κ3) is 2.54. The predicted molar refractivity (Wildman–Crippen MR) is 100 cm³/mol. The van der Waals surface area contributed by atoms with Gasteiger partial charge < -0.3 is 0 Å². The number of pyridine rings is 2. The highest BCUT2D eigenvalue weighted by Crippen LogP contribution is 2.33. The maximum absolute atomic E-state index is 13.2. The number of carbonyl (C=O) groups is 1. The number of urea groups is 1. The zero-order chi connectivity index (χ0) is 18.3. The van der Waals surface area contributed by atoms with Crippen molar-refractivity contribution < 1.29 is 4.79 Å². The SMILES string of the molecule is Cc1cc(Cl)cnc1N1CC(C#N)N(c2cncc3ccccc23)C1=O. The summed E-state index contributed by atoms with van der Waals surface area (Å²) in [5.74, 6) is 0.510. The summed E-state index contributed by atoms with van der Waals surface area (Å²) >= 11 is 5.97. The van der Waals surface area contributed by atoms with Gasteiger partial charge in [0.2, 0.25) is 0 Å². The molecule has 1 atom stereocenters. The van der Waals surface area contributed by atoms with Gasteiger partial charge in [0.25, 0.3) is 0 Å². The van der Waals surface area contributed by atoms with Crippen LogP contribution in [0.2, 0.25) is 5.02 Å². The van der Waals surface area contributed by atoms with E-state index in [1.807, 2.05) is 31.2 Å². The first kappa shape index (κ1) is 16.3. The third-order valence-electron chi connectivity index (χ3n) is 4.43. The van der Waals surface area contributed by atoms with Crippen molar-refractivity contribution in [3.05, 3.63) is 59.5 Å². The number of halogens is 1. The molecule has 2 aromatic heterocycles. The smallest absolute Gasteiger partial charge is 0.275 e. The largest absolute Gasteiger partial charge is 0.331 e. The monoisotopic (exact) mass is 363 g/mol. The van der Waals surface area contributed by atoms with Crippen molar-refractivity contribution in [3.8, 4) is 6.07 Å². The number of fused-ring (bicyclic) bond motifs is 1. The molecule has 1 fully saturated rings. The number of benzene rings is 1. The highest BCUT2D eigenvalue weighted by Gasteiger charge is 2.41. The van der Waals surface area contributed by atoms with Crippen molar-refractivity contribution in [1.29, 1.82) is 5.26 Å². The zero-order valence-corrected chi connectivity index (χ0v) is 14.7. The average Bonchev–Trinajstić information content (AvgIpc) is 2.97. The highest BCUT2D eigenvalue weighted by atomic mass is 35.5. The van der Waals surface area contributed by atoms with Gasteiger partial charge in [-0.15, -0.1) is 0 Å². The van der Waals surface area contributed by atoms with Gasteiger partial charge in [-0.2, -0.15) is 5.26 Å². The minimum atomic E-state index is -0.632. The molecule has 0 bridgehead atoms. The maximum Gasteiger partial charge on any atom is 0.331 e. The first-order valence-corrected chi connectivity index (χ1v) is 8.43. The lowest BCUT2D eigenvalue weighted by Gasteiger charge is -2.21. The lowest BCUT2D eigenvalue weighted by molar-refractivity contribution is 0.255. The van der Waals surface area contributed by atoms with Crippen molar-refractivity contribution in [2.75, 3.05) is 16.3 Å². The number of rotatable bonds is 2. The maximum atomic E-state index is 13.2. The molecule has 1 aromatic carbocycles. The Bertz CT molecular complexity index is 1060. The molecule has 7 heteroatoms. The van der Waals surface area contributed by atoms with Crippen LogP contribution in [0.5, 0.6) is 0 Å². The second-order valence-electron chi connectivity index (χ2n) is 6.08. The van der Waals surface area contributed by atoms with Crippen LogP contribution in [0.15, 0.2) is 48.9 Å². The first-order chi connectivity index (χ1) is 12.6. The van der Waals surface area contributed by atoms with Gasteiger partial charge in [-0.05, 0) is 18.6 Å². The Labute approximate surface area is 155 Å². The van der Waals surface area contributed by atoms with E-state index < -0.39 is 6.04 Å². The molecule has 0 N–H and O–H groups in total. The minimum Gasteiger partial charge on any atom is -0.275 e. The topological polar surface area (TPSA) is 73.1 Å². The van der Waals surface area contributed by atoms with E-state index in [1.165, 1.54) is 16.0 Å². The summed E-state index contributed by atoms with van der Waals surface area (Å²) in [5.41, 5.74) is 1.40. The van der Waals surface area contributed by atoms with Gasteiger partial charge in [0.1, 0.15) is 11.9 Å². The number of nitrogens with zero attached hydrogens (tertiary/aromatic N) is 5. The Hall–Kier alpha value is -3.17. The average molecular weight is 364 g/mol. The van der Waals surface area contributed by atoms with E-state index in [-0.39, 0.29) is 12.6 Å². The Morgan fingerprint density at radius 3 is 2.85 bits per heavy atom. The van der Waals surface area contributed by atoms with E-state index in [9.17, 15) is 10.1 Å². The summed E-state index contributed by atoms with van der Waals surface area (Å²) in [4.78, 5) is 24.7. The van der Waals surface area contributed by atoms with Crippen LogP contribution in [0.4, 0.5) is 16.3 Å². The molecule has 0 saturated carbocycles. The van der Waals surface area contributed by atoms with Gasteiger partial charge in [0.15, 0.2) is 0 Å². The molecule has 26 heavy (non-hydrogen) atoms. The standard InChI is InChI=1S/C19H14ClN5O/c1-12-6-14(20)9-23-18(12)24-11-15(7-21)25(19(24)26)17-10-22-8-13-4-2-3-5-16(13)17/h2-6,8-10,15H,11H2,1H3. The van der Waals surface area contributed by atoms with E-state index in [1.54, 1.807) is 18.5 Å². The van der Waals surface area contributed by atoms with Crippen LogP contribution in [0.3, 0.4) is 0 Å². The van der Waals surface area contributed by atoms with Crippen LogP contribution in [0, 0.1) is 18.3 Å². The van der Waals surface area contributed by atoms with E-state index in [2.05, 4.69) is 16.0 Å². The number of aromatic nitrogens is 2. The molecular weight excluding hydrogens is 350 g/mol. The molecule has 0 aliphatic carbocycles. The van der Waals surface area contributed by atoms with Crippen LogP contribution in [-0.4, -0.2) is 28.6 Å². The highest BCUT2D eigenvalue weighted by molar-refractivity contribution is 6.30. The van der Waals surface area contributed by atoms with Crippen molar-refractivity contribution in [1.82, 2.24) is 9.97 Å². The Morgan fingerprint density at radius 2 is 2.08 bits per heavy atom. The molecule has 4 rings (SSSR count). The summed E-state index contributed by atoms with van der Waals surface area (Å²) in [5, 5.41) is 11.9. The molecule has 3 aromatic rings. The number of hydrogen-bond donors (Lipinski definition) is 0. The zero-order valence-electron chi connectivity index (χ0n) is 13.9. The summed E-state index contributed by atoms with van der Waals surface area (Å²) < 4.78 is 0. The lowest BCUT2D eigenvalue weighted by atomic mass is 10.1. The van der Waals surface area contributed by atoms with Gasteiger partial charge in [-0.25, -0.2) is 9.78 Å². The fraction of sp³-hybridized carbons (Fsp3) is 0.158. The molecule has 1 aliphatic rings. The van der Waals surface area contributed by atoms with Crippen molar-refractivity contribution in [2.24, 2.45) is 0 Å². The molecule has 1 unspecified atom stereocenters. The number of carbonyl (C=O) groups excluding carboxylic acids is 1. The van der Waals surface area contributed by atoms with Crippen LogP contribution >= 0.6 is 11.6 Å². The normalized spacial score (nSPS) is 17.0. The molecule has 0 radical (unpaired) electrons. The molecule has 6 nitrogen and oxygen atoms in total. The molecule has 0 spiro atoms. The van der Waals surface area contributed by atoms with Crippen molar-refractivity contribution in [3.63, 3.8) is 0 Å². The van der Waals surface area contributed by atoms with Crippen LogP contribution < -0.4 is 9.80 Å². The molecule has 3 heterocycles. The van der Waals surface area contributed by atoms with Gasteiger partial charge in [0, 0.05) is 23.2 Å². The molecule has 2 amide bonds. The summed E-state index contributed by atoms with van der Waals surface area (Å²) in [6, 6.07) is 10.7. The van der Waals surface area contributed by atoms with Gasteiger partial charge in [0.05, 0.1) is 29.5 Å². The Morgan fingerprint density at radius 1 is 1.27 bits per heavy atom. The number of amides is 2. The van der Waals surface area contributed by atoms with Gasteiger partial charge in [-0.3, -0.25) is 14.8 Å². The van der Waals surface area contributed by atoms with Gasteiger partial charge in [-0.1, -0.05) is 35.9 Å². The van der Waals surface area contributed by atoms with E-state index in [4.69, 9.17) is 11.6 Å². The number of hydrogen-bond acceptors (Lipinski definition) is 4. The van der Waals surface area contributed by atoms with E-state index in [0.717, 1.165) is 16.3 Å². The first-order valence-electron chi connectivity index (χ1n) is 8.05.